The van der Waals surface area contributed by atoms with E-state index in [1.807, 2.05) is 37.3 Å². The van der Waals surface area contributed by atoms with Crippen molar-refractivity contribution < 1.29 is 23.8 Å². The van der Waals surface area contributed by atoms with Gasteiger partial charge in [-0.3, -0.25) is 14.5 Å². The molecule has 0 saturated carbocycles. The quantitative estimate of drug-likeness (QED) is 0.239. The number of fused-ring (bicyclic) bond motifs is 1. The third kappa shape index (κ3) is 4.92. The molecule has 7 heteroatoms. The number of para-hydroxylation sites is 2. The Hall–Kier alpha value is -4.03. The van der Waals surface area contributed by atoms with Crippen molar-refractivity contribution in [2.45, 2.75) is 45.6 Å². The molecule has 1 aromatic heterocycles. The van der Waals surface area contributed by atoms with Gasteiger partial charge in [0.15, 0.2) is 11.5 Å². The molecule has 1 unspecified atom stereocenters. The first-order chi connectivity index (χ1) is 18.6. The molecule has 0 bridgehead atoms. The lowest BCUT2D eigenvalue weighted by Gasteiger charge is -2.29. The monoisotopic (exact) mass is 543 g/mol. The molecular formula is C32H30ClNO5. The molecule has 4 aromatic rings. The van der Waals surface area contributed by atoms with Crippen LogP contribution in [0.5, 0.6) is 5.75 Å². The number of ketones is 1. The summed E-state index contributed by atoms with van der Waals surface area (Å²) in [5.74, 6) is -1.38. The fraction of sp³-hybridized carbons (Fsp3) is 0.250. The largest absolute Gasteiger partial charge is 0.503 e. The predicted molar refractivity (Wildman–Crippen MR) is 153 cm³/mol. The van der Waals surface area contributed by atoms with E-state index in [1.165, 1.54) is 4.90 Å². The van der Waals surface area contributed by atoms with E-state index < -0.39 is 23.5 Å². The number of hydrogen-bond acceptors (Lipinski definition) is 5. The van der Waals surface area contributed by atoms with Gasteiger partial charge < -0.3 is 14.3 Å². The summed E-state index contributed by atoms with van der Waals surface area (Å²) in [6, 6.07) is 20.6. The van der Waals surface area contributed by atoms with E-state index in [0.29, 0.717) is 39.6 Å². The number of amides is 1. The van der Waals surface area contributed by atoms with E-state index in [0.717, 1.165) is 12.0 Å². The lowest BCUT2D eigenvalue weighted by atomic mass is 9.85. The first-order valence-corrected chi connectivity index (χ1v) is 13.3. The second-order valence-electron chi connectivity index (χ2n) is 10.7. The molecule has 0 fully saturated rings. The second-order valence-corrected chi connectivity index (χ2v) is 11.1. The predicted octanol–water partition coefficient (Wildman–Crippen LogP) is 7.96. The van der Waals surface area contributed by atoms with Crippen LogP contribution < -0.4 is 9.64 Å². The van der Waals surface area contributed by atoms with Crippen LogP contribution in [0.15, 0.2) is 88.5 Å². The van der Waals surface area contributed by atoms with E-state index in [2.05, 4.69) is 20.8 Å². The highest BCUT2D eigenvalue weighted by Crippen LogP contribution is 2.45. The molecule has 1 amide bonds. The molecule has 5 rings (SSSR count). The Morgan fingerprint density at radius 1 is 1.05 bits per heavy atom. The van der Waals surface area contributed by atoms with Crippen LogP contribution in [0.1, 0.15) is 61.8 Å². The van der Waals surface area contributed by atoms with Crippen molar-refractivity contribution in [3.05, 3.63) is 106 Å². The number of rotatable bonds is 7. The molecule has 0 radical (unpaired) electrons. The highest BCUT2D eigenvalue weighted by Gasteiger charge is 2.46. The zero-order valence-electron chi connectivity index (χ0n) is 22.3. The molecule has 0 saturated heterocycles. The number of anilines is 1. The van der Waals surface area contributed by atoms with Gasteiger partial charge in [-0.1, -0.05) is 75.7 Å². The van der Waals surface area contributed by atoms with Crippen molar-refractivity contribution in [1.82, 2.24) is 0 Å². The normalized spacial score (nSPS) is 15.9. The van der Waals surface area contributed by atoms with Crippen molar-refractivity contribution in [2.24, 2.45) is 0 Å². The zero-order chi connectivity index (χ0) is 27.9. The van der Waals surface area contributed by atoms with Crippen LogP contribution in [-0.2, 0) is 10.2 Å². The summed E-state index contributed by atoms with van der Waals surface area (Å²) < 4.78 is 11.8. The standard InChI is InChI=1S/C32H30ClNO5/c1-5-16-38-25-9-7-6-8-23(25)34-28(19-10-12-21(13-11-19)32(2,3)4)27(30(36)31(34)37)29(35)26-18-20-17-22(33)14-15-24(20)39-26/h6-15,17-18,28,36H,5,16H2,1-4H3. The Morgan fingerprint density at radius 2 is 1.77 bits per heavy atom. The third-order valence-electron chi connectivity index (χ3n) is 6.83. The van der Waals surface area contributed by atoms with E-state index in [4.69, 9.17) is 20.8 Å². The van der Waals surface area contributed by atoms with Gasteiger partial charge in [-0.15, -0.1) is 0 Å². The summed E-state index contributed by atoms with van der Waals surface area (Å²) in [6.07, 6.45) is 0.781. The van der Waals surface area contributed by atoms with Crippen LogP contribution in [0, 0.1) is 0 Å². The minimum absolute atomic E-state index is 0.00953. The molecule has 1 atom stereocenters. The molecule has 2 heterocycles. The highest BCUT2D eigenvalue weighted by atomic mass is 35.5. The molecule has 39 heavy (non-hydrogen) atoms. The summed E-state index contributed by atoms with van der Waals surface area (Å²) in [6.45, 7) is 8.79. The Labute approximate surface area is 232 Å². The Balaban J connectivity index is 1.66. The number of carbonyl (C=O) groups is 2. The molecule has 200 valence electrons. The van der Waals surface area contributed by atoms with Gasteiger partial charge in [0.25, 0.3) is 5.91 Å². The van der Waals surface area contributed by atoms with Gasteiger partial charge in [0.1, 0.15) is 11.3 Å². The molecule has 1 N–H and O–H groups in total. The number of furan rings is 1. The van der Waals surface area contributed by atoms with E-state index in [1.54, 1.807) is 42.5 Å². The van der Waals surface area contributed by atoms with Crippen molar-refractivity contribution >= 4 is 39.9 Å². The van der Waals surface area contributed by atoms with Crippen molar-refractivity contribution in [3.63, 3.8) is 0 Å². The molecule has 3 aromatic carbocycles. The number of benzene rings is 3. The van der Waals surface area contributed by atoms with Crippen LogP contribution in [0.4, 0.5) is 5.69 Å². The molecule has 0 spiro atoms. The first kappa shape index (κ1) is 26.6. The lowest BCUT2D eigenvalue weighted by Crippen LogP contribution is -2.31. The van der Waals surface area contributed by atoms with E-state index in [-0.39, 0.29) is 16.7 Å². The average Bonchev–Trinajstić information content (AvgIpc) is 3.45. The number of halogens is 1. The number of aliphatic hydroxyl groups is 1. The average molecular weight is 544 g/mol. The maximum atomic E-state index is 13.9. The Morgan fingerprint density at radius 3 is 2.46 bits per heavy atom. The van der Waals surface area contributed by atoms with Crippen LogP contribution in [-0.4, -0.2) is 23.4 Å². The van der Waals surface area contributed by atoms with Crippen LogP contribution >= 0.6 is 11.6 Å². The first-order valence-electron chi connectivity index (χ1n) is 12.9. The van der Waals surface area contributed by atoms with E-state index >= 15 is 0 Å². The second kappa shape index (κ2) is 10.3. The summed E-state index contributed by atoms with van der Waals surface area (Å²) >= 11 is 6.12. The zero-order valence-corrected chi connectivity index (χ0v) is 23.1. The van der Waals surface area contributed by atoms with Crippen LogP contribution in [0.3, 0.4) is 0 Å². The van der Waals surface area contributed by atoms with Gasteiger partial charge >= 0.3 is 0 Å². The van der Waals surface area contributed by atoms with Crippen molar-refractivity contribution in [2.75, 3.05) is 11.5 Å². The minimum Gasteiger partial charge on any atom is -0.503 e. The smallest absolute Gasteiger partial charge is 0.294 e. The topological polar surface area (TPSA) is 80.0 Å². The number of aliphatic hydroxyl groups excluding tert-OH is 1. The Bertz CT molecular complexity index is 1590. The molecule has 0 aliphatic carbocycles. The number of nitrogens with zero attached hydrogens (tertiary/aromatic N) is 1. The maximum Gasteiger partial charge on any atom is 0.294 e. The van der Waals surface area contributed by atoms with Gasteiger partial charge in [-0.25, -0.2) is 0 Å². The summed E-state index contributed by atoms with van der Waals surface area (Å²) in [4.78, 5) is 29.0. The van der Waals surface area contributed by atoms with Gasteiger partial charge in [0.05, 0.1) is 23.9 Å². The maximum absolute atomic E-state index is 13.9. The summed E-state index contributed by atoms with van der Waals surface area (Å²) in [5, 5.41) is 12.3. The number of hydrogen-bond donors (Lipinski definition) is 1. The number of ether oxygens (including phenoxy) is 1. The van der Waals surface area contributed by atoms with Crippen LogP contribution in [0.25, 0.3) is 11.0 Å². The molecule has 6 nitrogen and oxygen atoms in total. The number of Topliss-reactive ketones (excluding diaryl/α,β-unsaturated/α-hetero) is 1. The van der Waals surface area contributed by atoms with E-state index in [9.17, 15) is 14.7 Å². The summed E-state index contributed by atoms with van der Waals surface area (Å²) in [5.41, 5.74) is 2.58. The third-order valence-corrected chi connectivity index (χ3v) is 7.07. The fourth-order valence-electron chi connectivity index (χ4n) is 4.82. The van der Waals surface area contributed by atoms with Gasteiger partial charge in [-0.2, -0.15) is 0 Å². The minimum atomic E-state index is -0.901. The van der Waals surface area contributed by atoms with Crippen molar-refractivity contribution in [3.8, 4) is 5.75 Å². The fourth-order valence-corrected chi connectivity index (χ4v) is 5.00. The number of carbonyl (C=O) groups excluding carboxylic acids is 2. The Kier molecular flexibility index (Phi) is 7.00. The summed E-state index contributed by atoms with van der Waals surface area (Å²) in [7, 11) is 0. The molecule has 1 aliphatic rings. The van der Waals surface area contributed by atoms with Gasteiger partial charge in [-0.05, 0) is 59.4 Å². The lowest BCUT2D eigenvalue weighted by molar-refractivity contribution is -0.117. The van der Waals surface area contributed by atoms with Gasteiger partial charge in [0, 0.05) is 10.4 Å². The van der Waals surface area contributed by atoms with Crippen molar-refractivity contribution in [1.29, 1.82) is 0 Å². The van der Waals surface area contributed by atoms with Gasteiger partial charge in [0.2, 0.25) is 5.78 Å². The molecular weight excluding hydrogens is 514 g/mol. The SMILES string of the molecule is CCCOc1ccccc1N1C(=O)C(O)=C(C(=O)c2cc3cc(Cl)ccc3o2)C1c1ccc(C(C)(C)C)cc1. The van der Waals surface area contributed by atoms with Crippen LogP contribution in [0.2, 0.25) is 5.02 Å². The highest BCUT2D eigenvalue weighted by molar-refractivity contribution is 6.31. The molecule has 1 aliphatic heterocycles.